The fraction of sp³-hybridized carbons (Fsp3) is 0.941. The van der Waals surface area contributed by atoms with Crippen molar-refractivity contribution in [2.75, 3.05) is 13.6 Å². The summed E-state index contributed by atoms with van der Waals surface area (Å²) in [5, 5.41) is 0. The SMILES string of the molecule is CCCCC1C(OC(C)=O)CCCC12CCCCN2C. The summed E-state index contributed by atoms with van der Waals surface area (Å²) in [4.78, 5) is 14.0. The van der Waals surface area contributed by atoms with Crippen LogP contribution in [0.3, 0.4) is 0 Å². The molecular weight excluding hydrogens is 250 g/mol. The molecule has 1 saturated carbocycles. The van der Waals surface area contributed by atoms with Gasteiger partial charge in [0.1, 0.15) is 6.10 Å². The Morgan fingerprint density at radius 2 is 2.05 bits per heavy atom. The maximum atomic E-state index is 11.4. The Morgan fingerprint density at radius 1 is 1.30 bits per heavy atom. The number of hydrogen-bond acceptors (Lipinski definition) is 3. The normalized spacial score (nSPS) is 35.1. The molecule has 0 aromatic heterocycles. The summed E-state index contributed by atoms with van der Waals surface area (Å²) in [6.07, 6.45) is 11.3. The number of unbranched alkanes of at least 4 members (excludes halogenated alkanes) is 1. The van der Waals surface area contributed by atoms with Gasteiger partial charge in [0.05, 0.1) is 0 Å². The van der Waals surface area contributed by atoms with E-state index in [1.165, 1.54) is 57.9 Å². The molecule has 116 valence electrons. The molecule has 2 aliphatic rings. The van der Waals surface area contributed by atoms with E-state index in [0.29, 0.717) is 11.5 Å². The Bertz CT molecular complexity index is 327. The van der Waals surface area contributed by atoms with Gasteiger partial charge < -0.3 is 9.64 Å². The smallest absolute Gasteiger partial charge is 0.302 e. The van der Waals surface area contributed by atoms with Crippen LogP contribution in [0.25, 0.3) is 0 Å². The minimum atomic E-state index is -0.105. The molecule has 1 spiro atoms. The van der Waals surface area contributed by atoms with E-state index in [9.17, 15) is 4.79 Å². The Hall–Kier alpha value is -0.570. The Labute approximate surface area is 124 Å². The van der Waals surface area contributed by atoms with Crippen LogP contribution >= 0.6 is 0 Å². The number of rotatable bonds is 4. The summed E-state index contributed by atoms with van der Waals surface area (Å²) < 4.78 is 5.71. The van der Waals surface area contributed by atoms with E-state index >= 15 is 0 Å². The maximum Gasteiger partial charge on any atom is 0.302 e. The molecule has 3 atom stereocenters. The zero-order chi connectivity index (χ0) is 14.6. The first-order valence-electron chi connectivity index (χ1n) is 8.48. The monoisotopic (exact) mass is 281 g/mol. The van der Waals surface area contributed by atoms with Gasteiger partial charge in [-0.3, -0.25) is 4.79 Å². The molecule has 1 aliphatic carbocycles. The van der Waals surface area contributed by atoms with Gasteiger partial charge in [-0.2, -0.15) is 0 Å². The lowest BCUT2D eigenvalue weighted by Gasteiger charge is -2.55. The fourth-order valence-corrected chi connectivity index (χ4v) is 4.55. The van der Waals surface area contributed by atoms with E-state index in [-0.39, 0.29) is 12.1 Å². The second-order valence-corrected chi connectivity index (χ2v) is 6.77. The largest absolute Gasteiger partial charge is 0.462 e. The van der Waals surface area contributed by atoms with Crippen LogP contribution in [0.4, 0.5) is 0 Å². The van der Waals surface area contributed by atoms with Gasteiger partial charge in [-0.15, -0.1) is 0 Å². The molecule has 2 fully saturated rings. The standard InChI is InChI=1S/C17H31NO2/c1-4-5-9-15-16(20-14(2)19)10-8-12-17(15)11-6-7-13-18(17)3/h15-16H,4-13H2,1-3H3. The predicted molar refractivity (Wildman–Crippen MR) is 81.6 cm³/mol. The molecule has 0 N–H and O–H groups in total. The average Bonchev–Trinajstić information content (AvgIpc) is 2.41. The minimum absolute atomic E-state index is 0.105. The minimum Gasteiger partial charge on any atom is -0.462 e. The van der Waals surface area contributed by atoms with E-state index in [4.69, 9.17) is 4.74 Å². The van der Waals surface area contributed by atoms with Crippen LogP contribution in [0.2, 0.25) is 0 Å². The summed E-state index contributed by atoms with van der Waals surface area (Å²) in [5.74, 6) is 0.428. The third-order valence-electron chi connectivity index (χ3n) is 5.54. The number of likely N-dealkylation sites (tertiary alicyclic amines) is 1. The van der Waals surface area contributed by atoms with Crippen LogP contribution < -0.4 is 0 Å². The van der Waals surface area contributed by atoms with Gasteiger partial charge in [0, 0.05) is 18.4 Å². The van der Waals surface area contributed by atoms with Gasteiger partial charge in [-0.25, -0.2) is 0 Å². The van der Waals surface area contributed by atoms with E-state index in [1.807, 2.05) is 0 Å². The van der Waals surface area contributed by atoms with Crippen molar-refractivity contribution < 1.29 is 9.53 Å². The Balaban J connectivity index is 2.19. The van der Waals surface area contributed by atoms with Gasteiger partial charge >= 0.3 is 5.97 Å². The second-order valence-electron chi connectivity index (χ2n) is 6.77. The molecule has 1 saturated heterocycles. The van der Waals surface area contributed by atoms with Gasteiger partial charge in [0.2, 0.25) is 0 Å². The summed E-state index contributed by atoms with van der Waals surface area (Å²) in [6, 6.07) is 0. The second kappa shape index (κ2) is 6.93. The van der Waals surface area contributed by atoms with Crippen LogP contribution in [0.5, 0.6) is 0 Å². The molecular formula is C17H31NO2. The van der Waals surface area contributed by atoms with Crippen LogP contribution in [0, 0.1) is 5.92 Å². The first-order valence-corrected chi connectivity index (χ1v) is 8.48. The summed E-state index contributed by atoms with van der Waals surface area (Å²) in [6.45, 7) is 5.01. The van der Waals surface area contributed by atoms with E-state index in [2.05, 4.69) is 18.9 Å². The van der Waals surface area contributed by atoms with Crippen molar-refractivity contribution in [2.24, 2.45) is 5.92 Å². The van der Waals surface area contributed by atoms with E-state index < -0.39 is 0 Å². The topological polar surface area (TPSA) is 29.5 Å². The van der Waals surface area contributed by atoms with Gasteiger partial charge in [0.15, 0.2) is 0 Å². The lowest BCUT2D eigenvalue weighted by Crippen LogP contribution is -2.60. The number of piperidine rings is 1. The van der Waals surface area contributed by atoms with Crippen molar-refractivity contribution >= 4 is 5.97 Å². The number of hydrogen-bond donors (Lipinski definition) is 0. The first kappa shape index (κ1) is 15.8. The summed E-state index contributed by atoms with van der Waals surface area (Å²) in [5.41, 5.74) is 0.297. The highest BCUT2D eigenvalue weighted by Gasteiger charge is 2.49. The van der Waals surface area contributed by atoms with E-state index in [0.717, 1.165) is 6.42 Å². The van der Waals surface area contributed by atoms with Crippen molar-refractivity contribution in [3.8, 4) is 0 Å². The molecule has 1 heterocycles. The van der Waals surface area contributed by atoms with Gasteiger partial charge in [-0.1, -0.05) is 26.2 Å². The number of nitrogens with zero attached hydrogens (tertiary/aromatic N) is 1. The number of esters is 1. The zero-order valence-electron chi connectivity index (χ0n) is 13.5. The van der Waals surface area contributed by atoms with Crippen LogP contribution in [-0.2, 0) is 9.53 Å². The molecule has 1 aliphatic heterocycles. The fourth-order valence-electron chi connectivity index (χ4n) is 4.55. The molecule has 0 amide bonds. The highest BCUT2D eigenvalue weighted by Crippen LogP contribution is 2.46. The molecule has 2 rings (SSSR count). The molecule has 3 heteroatoms. The molecule has 0 radical (unpaired) electrons. The number of carbonyl (C=O) groups is 1. The van der Waals surface area contributed by atoms with Crippen molar-refractivity contribution in [2.45, 2.75) is 83.3 Å². The third-order valence-corrected chi connectivity index (χ3v) is 5.54. The number of carbonyl (C=O) groups excluding carboxylic acids is 1. The molecule has 0 bridgehead atoms. The highest BCUT2D eigenvalue weighted by molar-refractivity contribution is 5.66. The maximum absolute atomic E-state index is 11.4. The molecule has 0 aromatic rings. The highest BCUT2D eigenvalue weighted by atomic mass is 16.5. The quantitative estimate of drug-likeness (QED) is 0.735. The van der Waals surface area contributed by atoms with Crippen LogP contribution in [0.1, 0.15) is 71.6 Å². The van der Waals surface area contributed by atoms with Crippen LogP contribution in [-0.4, -0.2) is 36.1 Å². The zero-order valence-corrected chi connectivity index (χ0v) is 13.5. The average molecular weight is 281 g/mol. The van der Waals surface area contributed by atoms with Crippen molar-refractivity contribution in [3.05, 3.63) is 0 Å². The lowest BCUT2D eigenvalue weighted by atomic mass is 9.64. The lowest BCUT2D eigenvalue weighted by molar-refractivity contribution is -0.159. The Kier molecular flexibility index (Phi) is 5.48. The van der Waals surface area contributed by atoms with Crippen molar-refractivity contribution in [3.63, 3.8) is 0 Å². The van der Waals surface area contributed by atoms with Crippen molar-refractivity contribution in [1.29, 1.82) is 0 Å². The Morgan fingerprint density at radius 3 is 2.70 bits per heavy atom. The predicted octanol–water partition coefficient (Wildman–Crippen LogP) is 3.76. The third kappa shape index (κ3) is 3.19. The van der Waals surface area contributed by atoms with Crippen molar-refractivity contribution in [1.82, 2.24) is 4.90 Å². The van der Waals surface area contributed by atoms with E-state index in [1.54, 1.807) is 6.92 Å². The summed E-state index contributed by atoms with van der Waals surface area (Å²) in [7, 11) is 2.29. The molecule has 0 aromatic carbocycles. The summed E-state index contributed by atoms with van der Waals surface area (Å²) >= 11 is 0. The molecule has 20 heavy (non-hydrogen) atoms. The van der Waals surface area contributed by atoms with Gasteiger partial charge in [0.25, 0.3) is 0 Å². The van der Waals surface area contributed by atoms with Crippen LogP contribution in [0.15, 0.2) is 0 Å². The van der Waals surface area contributed by atoms with Gasteiger partial charge in [-0.05, 0) is 52.1 Å². The molecule has 3 unspecified atom stereocenters. The molecule has 3 nitrogen and oxygen atoms in total. The first-order chi connectivity index (χ1) is 9.60. The number of ether oxygens (including phenoxy) is 1.